The minimum absolute atomic E-state index is 0.173. The van der Waals surface area contributed by atoms with Gasteiger partial charge in [0.2, 0.25) is 5.91 Å². The number of carbonyl (C=O) groups is 1. The van der Waals surface area contributed by atoms with E-state index < -0.39 is 0 Å². The van der Waals surface area contributed by atoms with Crippen LogP contribution in [-0.4, -0.2) is 31.0 Å². The van der Waals surface area contributed by atoms with Gasteiger partial charge in [-0.05, 0) is 36.1 Å². The zero-order valence-corrected chi connectivity index (χ0v) is 15.4. The van der Waals surface area contributed by atoms with Crippen LogP contribution in [0.15, 0.2) is 36.4 Å². The van der Waals surface area contributed by atoms with Gasteiger partial charge in [-0.3, -0.25) is 4.79 Å². The number of amides is 1. The Balaban J connectivity index is 1.56. The molecule has 0 fully saturated rings. The molecule has 0 atom stereocenters. The number of carbonyl (C=O) groups excluding carboxylic acids is 1. The Kier molecular flexibility index (Phi) is 5.49. The fraction of sp³-hybridized carbons (Fsp3) is 0.350. The van der Waals surface area contributed by atoms with Crippen molar-refractivity contribution in [3.63, 3.8) is 0 Å². The van der Waals surface area contributed by atoms with E-state index in [2.05, 4.69) is 23.5 Å². The molecule has 1 aliphatic heterocycles. The standard InChI is InChI=1S/C20H23ClN2O2/c1-14-11-18(19(25-2)12-17(14)21)22-9-7-20(24)23-10-8-15-5-3-4-6-16(15)13-23/h3-6,11-12,22H,7-10,13H2,1-2H3. The topological polar surface area (TPSA) is 41.6 Å². The minimum atomic E-state index is 0.173. The third kappa shape index (κ3) is 4.07. The van der Waals surface area contributed by atoms with Gasteiger partial charge in [0.15, 0.2) is 0 Å². The lowest BCUT2D eigenvalue weighted by atomic mass is 10.00. The van der Waals surface area contributed by atoms with Crippen molar-refractivity contribution in [3.05, 3.63) is 58.1 Å². The molecule has 132 valence electrons. The average molecular weight is 359 g/mol. The van der Waals surface area contributed by atoms with E-state index in [-0.39, 0.29) is 5.91 Å². The second-order valence-corrected chi connectivity index (χ2v) is 6.72. The van der Waals surface area contributed by atoms with Gasteiger partial charge in [0, 0.05) is 37.1 Å². The third-order valence-electron chi connectivity index (χ3n) is 4.62. The molecule has 5 heteroatoms. The summed E-state index contributed by atoms with van der Waals surface area (Å²) in [6, 6.07) is 12.1. The van der Waals surface area contributed by atoms with Crippen molar-refractivity contribution >= 4 is 23.2 Å². The van der Waals surface area contributed by atoms with Crippen molar-refractivity contribution in [2.45, 2.75) is 26.3 Å². The number of hydrogen-bond acceptors (Lipinski definition) is 3. The Bertz CT molecular complexity index is 776. The molecule has 1 amide bonds. The molecular weight excluding hydrogens is 336 g/mol. The Labute approximate surface area is 153 Å². The summed E-state index contributed by atoms with van der Waals surface area (Å²) in [5.74, 6) is 0.863. The van der Waals surface area contributed by atoms with E-state index in [1.807, 2.05) is 24.0 Å². The zero-order chi connectivity index (χ0) is 17.8. The van der Waals surface area contributed by atoms with Gasteiger partial charge in [-0.15, -0.1) is 0 Å². The molecule has 0 saturated heterocycles. The molecule has 3 rings (SSSR count). The summed E-state index contributed by atoms with van der Waals surface area (Å²) in [7, 11) is 1.61. The predicted octanol–water partition coefficient (Wildman–Crippen LogP) is 4.04. The van der Waals surface area contributed by atoms with Crippen LogP contribution in [0.25, 0.3) is 0 Å². The van der Waals surface area contributed by atoms with E-state index in [0.29, 0.717) is 30.3 Å². The molecule has 1 heterocycles. The van der Waals surface area contributed by atoms with Gasteiger partial charge in [0.05, 0.1) is 12.8 Å². The molecule has 2 aromatic carbocycles. The molecule has 25 heavy (non-hydrogen) atoms. The number of hydrogen-bond donors (Lipinski definition) is 1. The maximum atomic E-state index is 12.5. The molecule has 0 unspecified atom stereocenters. The average Bonchev–Trinajstić information content (AvgIpc) is 2.63. The van der Waals surface area contributed by atoms with Crippen molar-refractivity contribution in [3.8, 4) is 5.75 Å². The first-order chi connectivity index (χ1) is 12.1. The monoisotopic (exact) mass is 358 g/mol. The summed E-state index contributed by atoms with van der Waals surface area (Å²) in [5, 5.41) is 3.96. The maximum Gasteiger partial charge on any atom is 0.224 e. The lowest BCUT2D eigenvalue weighted by Crippen LogP contribution is -2.36. The van der Waals surface area contributed by atoms with Crippen LogP contribution in [0.4, 0.5) is 5.69 Å². The third-order valence-corrected chi connectivity index (χ3v) is 5.03. The molecule has 4 nitrogen and oxygen atoms in total. The molecular formula is C20H23ClN2O2. The highest BCUT2D eigenvalue weighted by atomic mass is 35.5. The van der Waals surface area contributed by atoms with E-state index in [9.17, 15) is 4.79 Å². The molecule has 0 aliphatic carbocycles. The van der Waals surface area contributed by atoms with E-state index in [0.717, 1.165) is 24.2 Å². The molecule has 0 bridgehead atoms. The molecule has 1 aliphatic rings. The molecule has 1 N–H and O–H groups in total. The van der Waals surface area contributed by atoms with Crippen LogP contribution in [0, 0.1) is 6.92 Å². The van der Waals surface area contributed by atoms with Crippen LogP contribution in [0.1, 0.15) is 23.1 Å². The normalized spacial score (nSPS) is 13.3. The number of halogens is 1. The second-order valence-electron chi connectivity index (χ2n) is 6.31. The molecule has 2 aromatic rings. The van der Waals surface area contributed by atoms with Gasteiger partial charge < -0.3 is 15.0 Å². The van der Waals surface area contributed by atoms with Crippen molar-refractivity contribution in [1.29, 1.82) is 0 Å². The highest BCUT2D eigenvalue weighted by Crippen LogP contribution is 2.30. The Hall–Kier alpha value is -2.20. The van der Waals surface area contributed by atoms with E-state index in [1.165, 1.54) is 11.1 Å². The number of nitrogens with one attached hydrogen (secondary N) is 1. The summed E-state index contributed by atoms with van der Waals surface area (Å²) in [6.45, 7) is 4.01. The van der Waals surface area contributed by atoms with Crippen LogP contribution < -0.4 is 10.1 Å². The number of benzene rings is 2. The minimum Gasteiger partial charge on any atom is -0.495 e. The second kappa shape index (κ2) is 7.79. The van der Waals surface area contributed by atoms with Crippen molar-refractivity contribution < 1.29 is 9.53 Å². The van der Waals surface area contributed by atoms with E-state index in [1.54, 1.807) is 13.2 Å². The van der Waals surface area contributed by atoms with Crippen LogP contribution >= 0.6 is 11.6 Å². The van der Waals surface area contributed by atoms with Gasteiger partial charge in [-0.1, -0.05) is 35.9 Å². The number of nitrogens with zero attached hydrogens (tertiary/aromatic N) is 1. The number of fused-ring (bicyclic) bond motifs is 1. The summed E-state index contributed by atoms with van der Waals surface area (Å²) >= 11 is 6.12. The molecule has 0 saturated carbocycles. The first-order valence-electron chi connectivity index (χ1n) is 8.51. The Morgan fingerprint density at radius 2 is 2.04 bits per heavy atom. The lowest BCUT2D eigenvalue weighted by Gasteiger charge is -2.29. The number of anilines is 1. The fourth-order valence-corrected chi connectivity index (χ4v) is 3.29. The van der Waals surface area contributed by atoms with Crippen molar-refractivity contribution in [2.75, 3.05) is 25.5 Å². The van der Waals surface area contributed by atoms with Crippen LogP contribution in [0.2, 0.25) is 5.02 Å². The summed E-state index contributed by atoms with van der Waals surface area (Å²) in [4.78, 5) is 14.4. The predicted molar refractivity (Wildman–Crippen MR) is 101 cm³/mol. The van der Waals surface area contributed by atoms with Gasteiger partial charge in [-0.2, -0.15) is 0 Å². The van der Waals surface area contributed by atoms with Crippen LogP contribution in [0.3, 0.4) is 0 Å². The number of aryl methyl sites for hydroxylation is 1. The van der Waals surface area contributed by atoms with Gasteiger partial charge in [0.1, 0.15) is 5.75 Å². The first kappa shape index (κ1) is 17.6. The van der Waals surface area contributed by atoms with E-state index in [4.69, 9.17) is 16.3 Å². The number of rotatable bonds is 5. The largest absolute Gasteiger partial charge is 0.495 e. The quantitative estimate of drug-likeness (QED) is 0.876. The molecule has 0 radical (unpaired) electrons. The summed E-state index contributed by atoms with van der Waals surface area (Å²) in [5.41, 5.74) is 4.45. The zero-order valence-electron chi connectivity index (χ0n) is 14.6. The smallest absolute Gasteiger partial charge is 0.224 e. The maximum absolute atomic E-state index is 12.5. The summed E-state index contributed by atoms with van der Waals surface area (Å²) in [6.07, 6.45) is 1.38. The van der Waals surface area contributed by atoms with Crippen LogP contribution in [0.5, 0.6) is 5.75 Å². The Morgan fingerprint density at radius 3 is 2.80 bits per heavy atom. The van der Waals surface area contributed by atoms with Gasteiger partial charge >= 0.3 is 0 Å². The SMILES string of the molecule is COc1cc(Cl)c(C)cc1NCCC(=O)N1CCc2ccccc2C1. The highest BCUT2D eigenvalue weighted by Gasteiger charge is 2.20. The van der Waals surface area contributed by atoms with E-state index >= 15 is 0 Å². The Morgan fingerprint density at radius 1 is 1.28 bits per heavy atom. The van der Waals surface area contributed by atoms with Crippen molar-refractivity contribution in [2.24, 2.45) is 0 Å². The molecule has 0 aromatic heterocycles. The van der Waals surface area contributed by atoms with Gasteiger partial charge in [-0.25, -0.2) is 0 Å². The van der Waals surface area contributed by atoms with Crippen molar-refractivity contribution in [1.82, 2.24) is 4.90 Å². The van der Waals surface area contributed by atoms with Crippen LogP contribution in [-0.2, 0) is 17.8 Å². The fourth-order valence-electron chi connectivity index (χ4n) is 3.14. The number of ether oxygens (including phenoxy) is 1. The highest BCUT2D eigenvalue weighted by molar-refractivity contribution is 6.31. The van der Waals surface area contributed by atoms with Gasteiger partial charge in [0.25, 0.3) is 0 Å². The first-order valence-corrected chi connectivity index (χ1v) is 8.89. The summed E-state index contributed by atoms with van der Waals surface area (Å²) < 4.78 is 5.35. The lowest BCUT2D eigenvalue weighted by molar-refractivity contribution is -0.131. The molecule has 0 spiro atoms. The number of methoxy groups -OCH3 is 1.